The number of benzene rings is 2. The van der Waals surface area contributed by atoms with Crippen LogP contribution in [0.15, 0.2) is 60.7 Å². The molecule has 0 spiro atoms. The molecular formula is C21H17N3O3. The number of H-pyrrole nitrogens is 1. The molecule has 6 heteroatoms. The number of rotatable bonds is 5. The van der Waals surface area contributed by atoms with Crippen LogP contribution in [0.2, 0.25) is 0 Å². The second kappa shape index (κ2) is 6.92. The fourth-order valence-electron chi connectivity index (χ4n) is 2.75. The number of carbonyl (C=O) groups excluding carboxylic acids is 1. The number of fused-ring (bicyclic) bond motifs is 1. The normalized spacial score (nSPS) is 10.7. The van der Waals surface area contributed by atoms with Crippen molar-refractivity contribution in [1.82, 2.24) is 15.0 Å². The van der Waals surface area contributed by atoms with Crippen LogP contribution in [0.1, 0.15) is 21.7 Å². The Morgan fingerprint density at radius 2 is 1.74 bits per heavy atom. The minimum Gasteiger partial charge on any atom is -0.481 e. The highest BCUT2D eigenvalue weighted by Gasteiger charge is 2.14. The second-order valence-electron chi connectivity index (χ2n) is 6.03. The highest BCUT2D eigenvalue weighted by Crippen LogP contribution is 2.24. The molecule has 0 radical (unpaired) electrons. The van der Waals surface area contributed by atoms with Crippen molar-refractivity contribution in [2.24, 2.45) is 0 Å². The van der Waals surface area contributed by atoms with Crippen molar-refractivity contribution in [3.63, 3.8) is 0 Å². The zero-order valence-corrected chi connectivity index (χ0v) is 14.9. The highest BCUT2D eigenvalue weighted by molar-refractivity contribution is 6.08. The Labute approximate surface area is 155 Å². The van der Waals surface area contributed by atoms with Crippen LogP contribution in [0.5, 0.6) is 17.5 Å². The molecule has 0 saturated heterocycles. The molecule has 4 rings (SSSR count). The minimum absolute atomic E-state index is 0.173. The summed E-state index contributed by atoms with van der Waals surface area (Å²) in [6.07, 6.45) is 0. The third kappa shape index (κ3) is 3.37. The first-order valence-corrected chi connectivity index (χ1v) is 8.43. The van der Waals surface area contributed by atoms with Crippen molar-refractivity contribution in [3.8, 4) is 17.5 Å². The summed E-state index contributed by atoms with van der Waals surface area (Å²) in [6, 6.07) is 18.0. The van der Waals surface area contributed by atoms with E-state index in [0.717, 1.165) is 16.6 Å². The lowest BCUT2D eigenvalue weighted by Gasteiger charge is -2.08. The maximum Gasteiger partial charge on any atom is 0.228 e. The number of methoxy groups -OCH3 is 1. The monoisotopic (exact) mass is 359 g/mol. The Morgan fingerprint density at radius 1 is 0.963 bits per heavy atom. The average molecular weight is 359 g/mol. The van der Waals surface area contributed by atoms with E-state index in [1.807, 2.05) is 37.3 Å². The topological polar surface area (TPSA) is 77.1 Å². The van der Waals surface area contributed by atoms with Gasteiger partial charge in [-0.2, -0.15) is 4.98 Å². The van der Waals surface area contributed by atoms with Crippen LogP contribution in [-0.4, -0.2) is 27.8 Å². The lowest BCUT2D eigenvalue weighted by atomic mass is 10.1. The molecule has 27 heavy (non-hydrogen) atoms. The number of hydrogen-bond acceptors (Lipinski definition) is 5. The van der Waals surface area contributed by atoms with Gasteiger partial charge < -0.3 is 14.5 Å². The van der Waals surface area contributed by atoms with Crippen LogP contribution < -0.4 is 9.47 Å². The van der Waals surface area contributed by atoms with Crippen molar-refractivity contribution < 1.29 is 14.3 Å². The number of aryl methyl sites for hydroxylation is 1. The van der Waals surface area contributed by atoms with Gasteiger partial charge in [0.1, 0.15) is 5.75 Å². The van der Waals surface area contributed by atoms with E-state index in [9.17, 15) is 4.79 Å². The van der Waals surface area contributed by atoms with Gasteiger partial charge in [-0.15, -0.1) is 0 Å². The summed E-state index contributed by atoms with van der Waals surface area (Å²) >= 11 is 0. The zero-order valence-electron chi connectivity index (χ0n) is 14.9. The van der Waals surface area contributed by atoms with Gasteiger partial charge in [-0.25, -0.2) is 4.98 Å². The Bertz CT molecular complexity index is 1080. The quantitative estimate of drug-likeness (QED) is 0.538. The number of carbonyl (C=O) groups is 1. The fraction of sp³-hybridized carbons (Fsp3) is 0.0952. The second-order valence-corrected chi connectivity index (χ2v) is 6.03. The van der Waals surface area contributed by atoms with E-state index in [4.69, 9.17) is 9.47 Å². The highest BCUT2D eigenvalue weighted by atomic mass is 16.5. The molecule has 0 aliphatic carbocycles. The van der Waals surface area contributed by atoms with E-state index in [1.54, 1.807) is 37.4 Å². The molecule has 0 fully saturated rings. The minimum atomic E-state index is -0.173. The molecule has 2 aromatic carbocycles. The third-order valence-corrected chi connectivity index (χ3v) is 4.16. The summed E-state index contributed by atoms with van der Waals surface area (Å²) in [5.41, 5.74) is 3.05. The third-order valence-electron chi connectivity index (χ3n) is 4.16. The van der Waals surface area contributed by atoms with Gasteiger partial charge in [0.05, 0.1) is 18.1 Å². The van der Waals surface area contributed by atoms with Crippen molar-refractivity contribution in [2.75, 3.05) is 7.11 Å². The van der Waals surface area contributed by atoms with Crippen LogP contribution in [-0.2, 0) is 0 Å². The maximum atomic E-state index is 12.6. The standard InChI is InChI=1S/C21H17N3O3/c1-13-7-12-18(24-21(13)26-2)27-15-10-8-14(9-11-15)19(25)20-22-16-5-3-4-6-17(16)23-20/h3-12H,1-2H3,(H,22,23). The lowest BCUT2D eigenvalue weighted by Crippen LogP contribution is -2.03. The first kappa shape index (κ1) is 16.8. The van der Waals surface area contributed by atoms with E-state index in [0.29, 0.717) is 28.9 Å². The number of imidazole rings is 1. The van der Waals surface area contributed by atoms with Crippen molar-refractivity contribution in [3.05, 3.63) is 77.6 Å². The number of para-hydroxylation sites is 2. The van der Waals surface area contributed by atoms with Gasteiger partial charge in [-0.1, -0.05) is 12.1 Å². The van der Waals surface area contributed by atoms with Crippen LogP contribution in [0.25, 0.3) is 11.0 Å². The van der Waals surface area contributed by atoms with E-state index < -0.39 is 0 Å². The average Bonchev–Trinajstić information content (AvgIpc) is 3.14. The molecule has 134 valence electrons. The summed E-state index contributed by atoms with van der Waals surface area (Å²) in [5.74, 6) is 1.66. The number of hydrogen-bond donors (Lipinski definition) is 1. The van der Waals surface area contributed by atoms with Gasteiger partial charge in [-0.3, -0.25) is 4.79 Å². The van der Waals surface area contributed by atoms with Gasteiger partial charge in [0.25, 0.3) is 0 Å². The van der Waals surface area contributed by atoms with Gasteiger partial charge in [0.15, 0.2) is 5.82 Å². The summed E-state index contributed by atoms with van der Waals surface area (Å²) in [4.78, 5) is 24.3. The molecule has 6 nitrogen and oxygen atoms in total. The number of ketones is 1. The number of aromatic amines is 1. The van der Waals surface area contributed by atoms with Gasteiger partial charge >= 0.3 is 0 Å². The van der Waals surface area contributed by atoms with E-state index >= 15 is 0 Å². The van der Waals surface area contributed by atoms with Crippen molar-refractivity contribution >= 4 is 16.8 Å². The van der Waals surface area contributed by atoms with Crippen molar-refractivity contribution in [2.45, 2.75) is 6.92 Å². The molecule has 0 saturated carbocycles. The number of pyridine rings is 1. The Morgan fingerprint density at radius 3 is 2.48 bits per heavy atom. The summed E-state index contributed by atoms with van der Waals surface area (Å²) in [6.45, 7) is 1.91. The fourth-order valence-corrected chi connectivity index (χ4v) is 2.75. The smallest absolute Gasteiger partial charge is 0.228 e. The number of ether oxygens (including phenoxy) is 2. The molecule has 0 atom stereocenters. The van der Waals surface area contributed by atoms with Crippen LogP contribution in [0, 0.1) is 6.92 Å². The number of aromatic nitrogens is 3. The van der Waals surface area contributed by atoms with E-state index in [2.05, 4.69) is 15.0 Å². The zero-order chi connectivity index (χ0) is 18.8. The van der Waals surface area contributed by atoms with Crippen LogP contribution in [0.3, 0.4) is 0 Å². The molecule has 4 aromatic rings. The summed E-state index contributed by atoms with van der Waals surface area (Å²) in [5, 5.41) is 0. The molecule has 2 heterocycles. The van der Waals surface area contributed by atoms with E-state index in [-0.39, 0.29) is 5.78 Å². The maximum absolute atomic E-state index is 12.6. The Hall–Kier alpha value is -3.67. The molecule has 0 amide bonds. The molecule has 0 unspecified atom stereocenters. The SMILES string of the molecule is COc1nc(Oc2ccc(C(=O)c3nc4ccccc4[nH]3)cc2)ccc1C. The van der Waals surface area contributed by atoms with Gasteiger partial charge in [0, 0.05) is 17.2 Å². The molecule has 1 N–H and O–H groups in total. The number of nitrogens with one attached hydrogen (secondary N) is 1. The largest absolute Gasteiger partial charge is 0.481 e. The van der Waals surface area contributed by atoms with E-state index in [1.165, 1.54) is 0 Å². The first-order valence-electron chi connectivity index (χ1n) is 8.43. The molecule has 0 aliphatic heterocycles. The number of nitrogens with zero attached hydrogens (tertiary/aromatic N) is 2. The molecule has 0 aliphatic rings. The predicted octanol–water partition coefficient (Wildman–Crippen LogP) is 4.30. The van der Waals surface area contributed by atoms with Crippen LogP contribution in [0.4, 0.5) is 0 Å². The lowest BCUT2D eigenvalue weighted by molar-refractivity contribution is 0.103. The van der Waals surface area contributed by atoms with Gasteiger partial charge in [-0.05, 0) is 49.4 Å². The van der Waals surface area contributed by atoms with Crippen LogP contribution >= 0.6 is 0 Å². The summed E-state index contributed by atoms with van der Waals surface area (Å²) in [7, 11) is 1.57. The predicted molar refractivity (Wildman–Crippen MR) is 102 cm³/mol. The first-order chi connectivity index (χ1) is 13.1. The molecule has 0 bridgehead atoms. The summed E-state index contributed by atoms with van der Waals surface area (Å²) < 4.78 is 10.9. The molecular weight excluding hydrogens is 342 g/mol. The Balaban J connectivity index is 1.54. The van der Waals surface area contributed by atoms with Crippen molar-refractivity contribution in [1.29, 1.82) is 0 Å². The van der Waals surface area contributed by atoms with Gasteiger partial charge in [0.2, 0.25) is 17.5 Å². The molecule has 2 aromatic heterocycles. The Kier molecular flexibility index (Phi) is 4.30.